The molecule has 0 fully saturated rings. The van der Waals surface area contributed by atoms with Crippen LogP contribution in [0.3, 0.4) is 0 Å². The Kier molecular flexibility index (Phi) is 5.73. The molecule has 6 rings (SSSR count). The van der Waals surface area contributed by atoms with Crippen LogP contribution in [0, 0.1) is 0 Å². The lowest BCUT2D eigenvalue weighted by atomic mass is 9.81. The molecule has 0 radical (unpaired) electrons. The van der Waals surface area contributed by atoms with Gasteiger partial charge in [0.1, 0.15) is 11.5 Å². The smallest absolute Gasteiger partial charge is 0.140 e. The summed E-state index contributed by atoms with van der Waals surface area (Å²) in [7, 11) is 0. The maximum atomic E-state index is 6.53. The summed E-state index contributed by atoms with van der Waals surface area (Å²) in [4.78, 5) is 8.29. The molecular weight excluding hydrogens is 428 g/mol. The van der Waals surface area contributed by atoms with E-state index < -0.39 is 0 Å². The van der Waals surface area contributed by atoms with Crippen molar-refractivity contribution in [3.05, 3.63) is 143 Å². The van der Waals surface area contributed by atoms with Crippen molar-refractivity contribution in [1.29, 1.82) is 0 Å². The van der Waals surface area contributed by atoms with E-state index in [-0.39, 0.29) is 5.92 Å². The van der Waals surface area contributed by atoms with E-state index in [1.165, 1.54) is 22.0 Å². The normalized spacial score (nSPS) is 15.4. The van der Waals surface area contributed by atoms with E-state index in [0.29, 0.717) is 6.54 Å². The summed E-state index contributed by atoms with van der Waals surface area (Å²) in [5, 5.41) is 1.27. The lowest BCUT2D eigenvalue weighted by Crippen LogP contribution is -2.17. The Hall–Kier alpha value is -4.37. The minimum absolute atomic E-state index is 0.0493. The van der Waals surface area contributed by atoms with Gasteiger partial charge in [0.25, 0.3) is 0 Å². The van der Waals surface area contributed by atoms with Gasteiger partial charge in [-0.2, -0.15) is 0 Å². The highest BCUT2D eigenvalue weighted by Crippen LogP contribution is 2.44. The number of hydrogen-bond donors (Lipinski definition) is 1. The quantitative estimate of drug-likeness (QED) is 0.266. The fraction of sp³-hybridized carbons (Fsp3) is 0.0938. The van der Waals surface area contributed by atoms with E-state index in [9.17, 15) is 0 Å². The number of nitrogens with one attached hydrogen (secondary N) is 1. The van der Waals surface area contributed by atoms with Crippen LogP contribution in [0.1, 0.15) is 28.2 Å². The van der Waals surface area contributed by atoms with Crippen molar-refractivity contribution in [3.63, 3.8) is 0 Å². The van der Waals surface area contributed by atoms with Crippen molar-refractivity contribution < 1.29 is 4.74 Å². The van der Waals surface area contributed by atoms with E-state index in [4.69, 9.17) is 9.73 Å². The molecule has 0 bridgehead atoms. The zero-order valence-corrected chi connectivity index (χ0v) is 19.4. The molecule has 1 aliphatic heterocycles. The maximum absolute atomic E-state index is 6.53. The largest absolute Gasteiger partial charge is 0.456 e. The van der Waals surface area contributed by atoms with Crippen molar-refractivity contribution >= 4 is 22.9 Å². The number of hydrogen-bond acceptors (Lipinski definition) is 2. The Labute approximate surface area is 205 Å². The molecule has 0 unspecified atom stereocenters. The summed E-state index contributed by atoms with van der Waals surface area (Å²) >= 11 is 0. The molecule has 3 heteroatoms. The molecule has 0 spiro atoms. The Morgan fingerprint density at radius 3 is 2.34 bits per heavy atom. The van der Waals surface area contributed by atoms with Crippen LogP contribution < -0.4 is 4.74 Å². The number of ether oxygens (including phenoxy) is 1. The molecule has 4 aromatic carbocycles. The molecule has 1 aromatic heterocycles. The molecule has 1 N–H and O–H groups in total. The molecule has 170 valence electrons. The van der Waals surface area contributed by atoms with Gasteiger partial charge in [0.05, 0.1) is 0 Å². The van der Waals surface area contributed by atoms with Gasteiger partial charge in [-0.3, -0.25) is 4.99 Å². The molecule has 0 aliphatic carbocycles. The van der Waals surface area contributed by atoms with Crippen LogP contribution in [0.25, 0.3) is 16.7 Å². The maximum Gasteiger partial charge on any atom is 0.140 e. The predicted octanol–water partition coefficient (Wildman–Crippen LogP) is 7.42. The number of aliphatic imine (C=N–C) groups is 1. The molecule has 35 heavy (non-hydrogen) atoms. The number of allylic oxidation sites excluding steroid dienone is 1. The summed E-state index contributed by atoms with van der Waals surface area (Å²) < 4.78 is 6.53. The predicted molar refractivity (Wildman–Crippen MR) is 144 cm³/mol. The Bertz CT molecular complexity index is 1510. The highest BCUT2D eigenvalue weighted by atomic mass is 16.5. The minimum atomic E-state index is 0.0493. The van der Waals surface area contributed by atoms with Crippen molar-refractivity contribution in [3.8, 4) is 5.75 Å². The lowest BCUT2D eigenvalue weighted by molar-refractivity contribution is 0.489. The van der Waals surface area contributed by atoms with E-state index in [0.717, 1.165) is 34.6 Å². The molecule has 5 aromatic rings. The highest BCUT2D eigenvalue weighted by Gasteiger charge is 2.30. The second-order valence-electron chi connectivity index (χ2n) is 8.78. The van der Waals surface area contributed by atoms with Gasteiger partial charge in [-0.15, -0.1) is 0 Å². The van der Waals surface area contributed by atoms with Crippen molar-refractivity contribution in [2.45, 2.75) is 12.3 Å². The molecule has 0 amide bonds. The molecule has 2 heterocycles. The van der Waals surface area contributed by atoms with E-state index in [1.807, 2.05) is 18.3 Å². The van der Waals surface area contributed by atoms with Crippen LogP contribution in [0.4, 0.5) is 0 Å². The first-order chi connectivity index (χ1) is 17.4. The van der Waals surface area contributed by atoms with Crippen LogP contribution in [-0.2, 0) is 6.42 Å². The van der Waals surface area contributed by atoms with Gasteiger partial charge in [0, 0.05) is 52.5 Å². The van der Waals surface area contributed by atoms with Gasteiger partial charge in [0.2, 0.25) is 0 Å². The number of benzene rings is 4. The van der Waals surface area contributed by atoms with Gasteiger partial charge in [0.15, 0.2) is 0 Å². The number of para-hydroxylation sites is 2. The number of aromatic nitrogens is 1. The summed E-state index contributed by atoms with van der Waals surface area (Å²) in [6.07, 6.45) is 5.01. The lowest BCUT2D eigenvalue weighted by Gasteiger charge is -2.30. The fourth-order valence-corrected chi connectivity index (χ4v) is 4.92. The zero-order valence-electron chi connectivity index (χ0n) is 19.4. The average Bonchev–Trinajstić information content (AvgIpc) is 3.34. The average molecular weight is 455 g/mol. The molecule has 0 saturated carbocycles. The van der Waals surface area contributed by atoms with Crippen molar-refractivity contribution in [2.24, 2.45) is 4.99 Å². The first kappa shape index (κ1) is 21.2. The molecule has 0 saturated heterocycles. The highest BCUT2D eigenvalue weighted by molar-refractivity contribution is 5.94. The second-order valence-corrected chi connectivity index (χ2v) is 8.78. The molecule has 1 atom stereocenters. The summed E-state index contributed by atoms with van der Waals surface area (Å²) in [6, 6.07) is 37.7. The van der Waals surface area contributed by atoms with Crippen LogP contribution in [0.5, 0.6) is 5.75 Å². The Morgan fingerprint density at radius 2 is 1.49 bits per heavy atom. The third kappa shape index (κ3) is 4.17. The van der Waals surface area contributed by atoms with Gasteiger partial charge in [-0.05, 0) is 29.7 Å². The summed E-state index contributed by atoms with van der Waals surface area (Å²) in [5.74, 6) is 1.82. The zero-order chi connectivity index (χ0) is 23.5. The van der Waals surface area contributed by atoms with E-state index >= 15 is 0 Å². The number of rotatable bonds is 6. The minimum Gasteiger partial charge on any atom is -0.456 e. The third-order valence-electron chi connectivity index (χ3n) is 6.60. The number of aromatic amines is 1. The number of fused-ring (bicyclic) bond motifs is 2. The molecule has 3 nitrogen and oxygen atoms in total. The Morgan fingerprint density at radius 1 is 0.771 bits per heavy atom. The summed E-state index contributed by atoms with van der Waals surface area (Å²) in [5.41, 5.74) is 6.99. The number of nitrogens with zero attached hydrogens (tertiary/aromatic N) is 1. The van der Waals surface area contributed by atoms with Crippen LogP contribution >= 0.6 is 0 Å². The van der Waals surface area contributed by atoms with Gasteiger partial charge in [-0.25, -0.2) is 0 Å². The van der Waals surface area contributed by atoms with E-state index in [1.54, 1.807) is 0 Å². The topological polar surface area (TPSA) is 37.4 Å². The first-order valence-corrected chi connectivity index (χ1v) is 12.0. The monoisotopic (exact) mass is 454 g/mol. The molecular formula is C32H26N2O. The van der Waals surface area contributed by atoms with Gasteiger partial charge < -0.3 is 9.72 Å². The summed E-state index contributed by atoms with van der Waals surface area (Å²) in [6.45, 7) is 0.705. The number of H-pyrrole nitrogens is 1. The second kappa shape index (κ2) is 9.47. The third-order valence-corrected chi connectivity index (χ3v) is 6.60. The van der Waals surface area contributed by atoms with Crippen LogP contribution in [0.2, 0.25) is 0 Å². The van der Waals surface area contributed by atoms with Gasteiger partial charge in [-0.1, -0.05) is 97.1 Å². The van der Waals surface area contributed by atoms with Crippen molar-refractivity contribution in [2.75, 3.05) is 6.54 Å². The fourth-order valence-electron chi connectivity index (χ4n) is 4.92. The van der Waals surface area contributed by atoms with Crippen molar-refractivity contribution in [1.82, 2.24) is 4.98 Å². The standard InChI is InChI=1S/C32H26N2O/c1-3-11-23(12-4-1)31-27-16-8-10-18-30(27)35-32(24-13-5-2-6-14-24)28(31)22-33-20-19-25-21-34-29-17-9-7-15-26(25)29/h1-18,21-22,31,34H,19-20H2/t31-/m0/s1. The van der Waals surface area contributed by atoms with Crippen LogP contribution in [0.15, 0.2) is 126 Å². The molecule has 1 aliphatic rings. The van der Waals surface area contributed by atoms with Gasteiger partial charge >= 0.3 is 0 Å². The van der Waals surface area contributed by atoms with E-state index in [2.05, 4.69) is 108 Å². The first-order valence-electron chi connectivity index (χ1n) is 12.0. The Balaban J connectivity index is 1.40. The van der Waals surface area contributed by atoms with Crippen LogP contribution in [-0.4, -0.2) is 17.7 Å². The SMILES string of the molecule is C(=NCCc1c[nH]c2ccccc12)C1=C(c2ccccc2)Oc2ccccc2[C@@H]1c1ccccc1.